The summed E-state index contributed by atoms with van der Waals surface area (Å²) < 4.78 is 31.5. The van der Waals surface area contributed by atoms with Crippen LogP contribution in [0.2, 0.25) is 0 Å². The maximum absolute atomic E-state index is 15.8. The lowest BCUT2D eigenvalue weighted by Gasteiger charge is -2.38. The Morgan fingerprint density at radius 1 is 0.462 bits per heavy atom. The summed E-state index contributed by atoms with van der Waals surface area (Å²) in [7, 11) is 0. The van der Waals surface area contributed by atoms with E-state index in [-0.39, 0.29) is 48.7 Å². The number of unbranched alkanes of at least 4 members (excludes halogenated alkanes) is 2. The Balaban J connectivity index is 2.20. The third-order valence-corrected chi connectivity index (χ3v) is 13.0. The third kappa shape index (κ3) is 13.7. The van der Waals surface area contributed by atoms with Gasteiger partial charge in [-0.15, -0.1) is 0 Å². The number of rotatable bonds is 7. The number of benzene rings is 4. The molecule has 0 heterocycles. The van der Waals surface area contributed by atoms with Crippen LogP contribution in [0.1, 0.15) is 212 Å². The second kappa shape index (κ2) is 19.7. The number of halogens is 2. The first kappa shape index (κ1) is 53.1. The molecule has 0 bridgehead atoms. The van der Waals surface area contributed by atoms with Crippen LogP contribution in [0.25, 0.3) is 0 Å². The summed E-state index contributed by atoms with van der Waals surface area (Å²) in [5.74, 6) is 17.9. The maximum Gasteiger partial charge on any atom is 0.185 e. The number of carbonyl (C=O) groups is 1. The maximum atomic E-state index is 15.8. The molecule has 1 nitrogen and oxygen atoms in total. The van der Waals surface area contributed by atoms with E-state index in [2.05, 4.69) is 215 Å². The van der Waals surface area contributed by atoms with Gasteiger partial charge in [0.1, 0.15) is 17.0 Å². The number of hydrogen-bond donors (Lipinski definition) is 0. The lowest BCUT2D eigenvalue weighted by molar-refractivity contribution is -0.109. The zero-order valence-corrected chi connectivity index (χ0v) is 44.1. The summed E-state index contributed by atoms with van der Waals surface area (Å²) in [5.41, 5.74) is 7.95. The predicted molar refractivity (Wildman–Crippen MR) is 276 cm³/mol. The summed E-state index contributed by atoms with van der Waals surface area (Å²) in [6, 6.07) is 23.5. The Kier molecular flexibility index (Phi) is 16.1. The summed E-state index contributed by atoms with van der Waals surface area (Å²) in [6.07, 6.45) is 2.22. The SMILES string of the molecule is CC(=O)SCCCCC#Cc1cc(F)c(C#CC#CC(c2cc(C(C)(C)C)cc(C(C)(C)C)c2)(c2cc(C(C)(C)C)cc(C(C)(C)C)c2)c2cc(C(C)(C)C)cc(C(C)(C)C)c2)c(F)c1. The number of carbonyl (C=O) groups excluding carboxylic acids is 1. The average molecular weight is 895 g/mol. The van der Waals surface area contributed by atoms with Gasteiger partial charge >= 0.3 is 0 Å². The second-order valence-corrected chi connectivity index (χ2v) is 25.3. The molecular formula is C61H76F2OS. The Hall–Kier alpha value is -4.56. The van der Waals surface area contributed by atoms with Crippen LogP contribution in [0.5, 0.6) is 0 Å². The van der Waals surface area contributed by atoms with Crippen LogP contribution in [0.15, 0.2) is 66.7 Å². The van der Waals surface area contributed by atoms with E-state index in [9.17, 15) is 4.79 Å². The highest BCUT2D eigenvalue weighted by Crippen LogP contribution is 2.47. The molecule has 0 saturated carbocycles. The van der Waals surface area contributed by atoms with Gasteiger partial charge in [0, 0.05) is 24.7 Å². The van der Waals surface area contributed by atoms with E-state index < -0.39 is 17.0 Å². The van der Waals surface area contributed by atoms with E-state index >= 15 is 8.78 Å². The van der Waals surface area contributed by atoms with Gasteiger partial charge in [0.2, 0.25) is 0 Å². The molecule has 0 unspecified atom stereocenters. The van der Waals surface area contributed by atoms with Crippen molar-refractivity contribution >= 4 is 16.9 Å². The molecule has 0 aliphatic rings. The Bertz CT molecular complexity index is 2280. The van der Waals surface area contributed by atoms with Crippen molar-refractivity contribution in [2.24, 2.45) is 0 Å². The molecule has 0 fully saturated rings. The lowest BCUT2D eigenvalue weighted by Crippen LogP contribution is -2.32. The Morgan fingerprint density at radius 2 is 0.785 bits per heavy atom. The van der Waals surface area contributed by atoms with Gasteiger partial charge in [0.05, 0.1) is 5.56 Å². The molecule has 346 valence electrons. The van der Waals surface area contributed by atoms with Crippen LogP contribution in [0.4, 0.5) is 8.78 Å². The highest BCUT2D eigenvalue weighted by atomic mass is 32.2. The molecule has 65 heavy (non-hydrogen) atoms. The van der Waals surface area contributed by atoms with E-state index in [0.29, 0.717) is 6.42 Å². The molecule has 4 aromatic rings. The van der Waals surface area contributed by atoms with Gasteiger partial charge in [0.25, 0.3) is 0 Å². The Labute approximate surface area is 398 Å². The van der Waals surface area contributed by atoms with Crippen molar-refractivity contribution in [1.82, 2.24) is 0 Å². The van der Waals surface area contributed by atoms with Gasteiger partial charge in [0.15, 0.2) is 5.12 Å². The van der Waals surface area contributed by atoms with Crippen molar-refractivity contribution in [3.05, 3.63) is 140 Å². The van der Waals surface area contributed by atoms with Crippen molar-refractivity contribution in [2.45, 2.75) is 189 Å². The fourth-order valence-electron chi connectivity index (χ4n) is 7.53. The van der Waals surface area contributed by atoms with Crippen LogP contribution in [0.3, 0.4) is 0 Å². The highest BCUT2D eigenvalue weighted by molar-refractivity contribution is 8.13. The summed E-state index contributed by atoms with van der Waals surface area (Å²) in [4.78, 5) is 11.2. The smallest absolute Gasteiger partial charge is 0.185 e. The van der Waals surface area contributed by atoms with Gasteiger partial charge in [-0.1, -0.05) is 209 Å². The minimum atomic E-state index is -1.08. The molecule has 0 amide bonds. The highest BCUT2D eigenvalue weighted by Gasteiger charge is 2.40. The third-order valence-electron chi connectivity index (χ3n) is 12.1. The van der Waals surface area contributed by atoms with Crippen LogP contribution in [-0.4, -0.2) is 10.9 Å². The van der Waals surface area contributed by atoms with Gasteiger partial charge in [-0.25, -0.2) is 8.78 Å². The zero-order chi connectivity index (χ0) is 49.1. The molecule has 0 saturated heterocycles. The summed E-state index contributed by atoms with van der Waals surface area (Å²) >= 11 is 1.30. The molecule has 0 aromatic heterocycles. The molecule has 0 aliphatic carbocycles. The molecule has 0 spiro atoms. The van der Waals surface area contributed by atoms with Crippen molar-refractivity contribution in [3.8, 4) is 35.5 Å². The molecule has 0 radical (unpaired) electrons. The van der Waals surface area contributed by atoms with E-state index in [4.69, 9.17) is 0 Å². The van der Waals surface area contributed by atoms with Crippen molar-refractivity contribution < 1.29 is 13.6 Å². The molecule has 0 N–H and O–H groups in total. The lowest BCUT2D eigenvalue weighted by atomic mass is 9.64. The van der Waals surface area contributed by atoms with Crippen molar-refractivity contribution in [2.75, 3.05) is 5.75 Å². The van der Waals surface area contributed by atoms with Gasteiger partial charge in [-0.05, 0) is 125 Å². The zero-order valence-electron chi connectivity index (χ0n) is 43.3. The van der Waals surface area contributed by atoms with Gasteiger partial charge in [-0.3, -0.25) is 4.79 Å². The first-order chi connectivity index (χ1) is 29.6. The van der Waals surface area contributed by atoms with E-state index in [1.807, 2.05) is 0 Å². The van der Waals surface area contributed by atoms with Gasteiger partial charge < -0.3 is 0 Å². The molecule has 4 aromatic carbocycles. The minimum Gasteiger partial charge on any atom is -0.288 e. The summed E-state index contributed by atoms with van der Waals surface area (Å²) in [5, 5.41) is 0.0947. The first-order valence-electron chi connectivity index (χ1n) is 23.3. The minimum absolute atomic E-state index is 0.0947. The molecule has 0 atom stereocenters. The van der Waals surface area contributed by atoms with Gasteiger partial charge in [-0.2, -0.15) is 0 Å². The largest absolute Gasteiger partial charge is 0.288 e. The first-order valence-corrected chi connectivity index (χ1v) is 24.3. The normalized spacial score (nSPS) is 12.7. The predicted octanol–water partition coefficient (Wildman–Crippen LogP) is 15.9. The number of thioether (sulfide) groups is 1. The molecular weight excluding hydrogens is 819 g/mol. The van der Waals surface area contributed by atoms with Crippen molar-refractivity contribution in [3.63, 3.8) is 0 Å². The molecule has 4 rings (SSSR count). The van der Waals surface area contributed by atoms with Crippen LogP contribution in [-0.2, 0) is 42.7 Å². The van der Waals surface area contributed by atoms with E-state index in [0.717, 1.165) is 35.3 Å². The standard InChI is InChI=1S/C61H76F2OS/c1-41(64)65-29-25-21-20-22-26-42-30-53(62)52(54(63)31-42)27-23-24-28-61(49-35-43(55(2,3)4)32-44(36-49)56(5,6)7,50-37-45(57(8,9)10)33-46(38-50)58(11,12)13)51-39-47(59(14,15)16)34-48(40-51)60(17,18)19/h30-40H,20-21,25,29H2,1-19H3. The number of hydrogen-bond acceptors (Lipinski definition) is 2. The fraction of sp³-hybridized carbons (Fsp3) is 0.492. The van der Waals surface area contributed by atoms with Crippen LogP contribution in [0, 0.1) is 47.2 Å². The topological polar surface area (TPSA) is 17.1 Å². The summed E-state index contributed by atoms with van der Waals surface area (Å²) in [6.45, 7) is 42.2. The molecule has 4 heteroatoms. The average Bonchev–Trinajstić information content (AvgIpc) is 3.15. The molecule has 0 aliphatic heterocycles. The van der Waals surface area contributed by atoms with Crippen LogP contribution >= 0.6 is 11.8 Å². The van der Waals surface area contributed by atoms with Crippen molar-refractivity contribution in [1.29, 1.82) is 0 Å². The quantitative estimate of drug-likeness (QED) is 0.104. The van der Waals surface area contributed by atoms with Crippen LogP contribution < -0.4 is 0 Å². The van der Waals surface area contributed by atoms with E-state index in [1.54, 1.807) is 6.92 Å². The fourth-order valence-corrected chi connectivity index (χ4v) is 8.16. The monoisotopic (exact) mass is 895 g/mol. The Morgan fingerprint density at radius 3 is 1.09 bits per heavy atom. The van der Waals surface area contributed by atoms with E-state index in [1.165, 1.54) is 57.3 Å². The second-order valence-electron chi connectivity index (χ2n) is 24.1.